The minimum absolute atomic E-state index is 0.000528. The lowest BCUT2D eigenvalue weighted by molar-refractivity contribution is -0.121. The maximum Gasteiger partial charge on any atom is 0.238 e. The van der Waals surface area contributed by atoms with Crippen LogP contribution in [0.3, 0.4) is 0 Å². The van der Waals surface area contributed by atoms with E-state index in [-0.39, 0.29) is 27.3 Å². The number of amides is 1. The molecule has 5 nitrogen and oxygen atoms in total. The monoisotopic (exact) mass is 394 g/mol. The van der Waals surface area contributed by atoms with E-state index >= 15 is 0 Å². The van der Waals surface area contributed by atoms with Crippen LogP contribution in [0.5, 0.6) is 0 Å². The average Bonchev–Trinajstić information content (AvgIpc) is 2.61. The second kappa shape index (κ2) is 8.98. The van der Waals surface area contributed by atoms with E-state index in [9.17, 15) is 13.2 Å². The zero-order valence-electron chi connectivity index (χ0n) is 13.3. The molecule has 0 bridgehead atoms. The van der Waals surface area contributed by atoms with Gasteiger partial charge in [-0.05, 0) is 17.7 Å². The number of hydrazine groups is 1. The minimum Gasteiger partial charge on any atom is -0.283 e. The summed E-state index contributed by atoms with van der Waals surface area (Å²) in [7, 11) is -3.53. The third-order valence-electron chi connectivity index (χ3n) is 3.53. The van der Waals surface area contributed by atoms with Crippen molar-refractivity contribution in [2.75, 3.05) is 5.75 Å². The van der Waals surface area contributed by atoms with Crippen molar-refractivity contribution in [3.8, 4) is 0 Å². The maximum atomic E-state index is 12.7. The lowest BCUT2D eigenvalue weighted by atomic mass is 9.97. The van der Waals surface area contributed by atoms with Crippen molar-refractivity contribution in [3.05, 3.63) is 66.2 Å². The molecule has 2 N–H and O–H groups in total. The number of hydrogen-bond donors (Lipinski definition) is 3. The normalized spacial score (nSPS) is 12.2. The number of benzene rings is 2. The van der Waals surface area contributed by atoms with Gasteiger partial charge in [-0.25, -0.2) is 8.42 Å². The van der Waals surface area contributed by atoms with Gasteiger partial charge in [-0.15, -0.1) is 12.6 Å². The summed E-state index contributed by atoms with van der Waals surface area (Å²) in [5.41, 5.74) is 5.63. The van der Waals surface area contributed by atoms with Crippen LogP contribution in [-0.2, 0) is 14.6 Å². The fourth-order valence-corrected chi connectivity index (χ4v) is 4.10. The molecule has 0 aliphatic heterocycles. The van der Waals surface area contributed by atoms with Crippen molar-refractivity contribution < 1.29 is 13.2 Å². The number of thiocarbonyl (C=S) groups is 1. The molecule has 2 aromatic rings. The summed E-state index contributed by atoms with van der Waals surface area (Å²) in [5, 5.41) is 0. The molecule has 0 heterocycles. The van der Waals surface area contributed by atoms with E-state index in [4.69, 9.17) is 12.2 Å². The summed E-state index contributed by atoms with van der Waals surface area (Å²) in [6, 6.07) is 17.3. The Labute approximate surface area is 158 Å². The smallest absolute Gasteiger partial charge is 0.238 e. The van der Waals surface area contributed by atoms with Gasteiger partial charge in [0, 0.05) is 12.3 Å². The van der Waals surface area contributed by atoms with Crippen LogP contribution >= 0.6 is 24.8 Å². The van der Waals surface area contributed by atoms with Crippen molar-refractivity contribution in [3.63, 3.8) is 0 Å². The first-order valence-electron chi connectivity index (χ1n) is 7.49. The molecule has 2 rings (SSSR count). The highest BCUT2D eigenvalue weighted by molar-refractivity contribution is 8.11. The number of hydrogen-bond acceptors (Lipinski definition) is 4. The summed E-state index contributed by atoms with van der Waals surface area (Å²) in [6.45, 7) is 0. The summed E-state index contributed by atoms with van der Waals surface area (Å²) in [6.07, 6.45) is -0.000528. The third kappa shape index (κ3) is 6.15. The van der Waals surface area contributed by atoms with Crippen molar-refractivity contribution in [2.45, 2.75) is 17.2 Å². The van der Waals surface area contributed by atoms with Crippen LogP contribution in [0.1, 0.15) is 17.9 Å². The fraction of sp³-hybridized carbons (Fsp3) is 0.176. The highest BCUT2D eigenvalue weighted by Crippen LogP contribution is 2.24. The van der Waals surface area contributed by atoms with E-state index < -0.39 is 15.8 Å². The van der Waals surface area contributed by atoms with Gasteiger partial charge in [0.15, 0.2) is 9.84 Å². The molecule has 0 spiro atoms. The molecule has 1 amide bonds. The first-order valence-corrected chi connectivity index (χ1v) is 10.00. The molecule has 0 saturated heterocycles. The molecule has 0 radical (unpaired) electrons. The number of carbonyl (C=O) groups excluding carboxylic acids is 1. The van der Waals surface area contributed by atoms with Crippen LogP contribution in [0, 0.1) is 0 Å². The Kier molecular flexibility index (Phi) is 6.98. The van der Waals surface area contributed by atoms with Crippen molar-refractivity contribution in [1.82, 2.24) is 10.9 Å². The van der Waals surface area contributed by atoms with E-state index in [1.807, 2.05) is 30.3 Å². The van der Waals surface area contributed by atoms with Gasteiger partial charge in [0.2, 0.25) is 5.91 Å². The first-order chi connectivity index (χ1) is 11.9. The zero-order chi connectivity index (χ0) is 18.3. The predicted molar refractivity (Wildman–Crippen MR) is 105 cm³/mol. The molecular formula is C17H18N2O3S3. The van der Waals surface area contributed by atoms with Crippen molar-refractivity contribution in [2.24, 2.45) is 0 Å². The first kappa shape index (κ1) is 19.4. The van der Waals surface area contributed by atoms with Crippen molar-refractivity contribution >= 4 is 44.9 Å². The summed E-state index contributed by atoms with van der Waals surface area (Å²) in [4.78, 5) is 12.3. The summed E-state index contributed by atoms with van der Waals surface area (Å²) < 4.78 is 25.5. The van der Waals surface area contributed by atoms with Crippen LogP contribution in [0.25, 0.3) is 0 Å². The minimum atomic E-state index is -3.53. The number of thiol groups is 1. The maximum absolute atomic E-state index is 12.7. The van der Waals surface area contributed by atoms with Crippen LogP contribution in [0.2, 0.25) is 0 Å². The van der Waals surface area contributed by atoms with Gasteiger partial charge in [-0.2, -0.15) is 0 Å². The van der Waals surface area contributed by atoms with E-state index in [2.05, 4.69) is 23.5 Å². The standard InChI is InChI=1S/C17H18N2O3S3/c20-16(18-19-17(23)24)11-14(13-7-3-1-4-8-13)12-25(21,22)15-9-5-2-6-10-15/h1-10,14H,11-12H2,(H,18,20)(H2,19,23,24). The van der Waals surface area contributed by atoms with Crippen LogP contribution in [0.4, 0.5) is 0 Å². The van der Waals surface area contributed by atoms with Gasteiger partial charge in [-0.3, -0.25) is 15.6 Å². The molecule has 0 aliphatic carbocycles. The quantitative estimate of drug-likeness (QED) is 0.399. The third-order valence-corrected chi connectivity index (χ3v) is 5.58. The van der Waals surface area contributed by atoms with Gasteiger partial charge in [-0.1, -0.05) is 60.7 Å². The topological polar surface area (TPSA) is 75.3 Å². The van der Waals surface area contributed by atoms with Gasteiger partial charge in [0.1, 0.15) is 4.32 Å². The molecule has 1 atom stereocenters. The Bertz CT molecular complexity index is 825. The number of carbonyl (C=O) groups is 1. The lowest BCUT2D eigenvalue weighted by Crippen LogP contribution is -2.39. The van der Waals surface area contributed by atoms with Crippen molar-refractivity contribution in [1.29, 1.82) is 0 Å². The molecule has 0 fully saturated rings. The zero-order valence-corrected chi connectivity index (χ0v) is 15.8. The fourth-order valence-electron chi connectivity index (χ4n) is 2.39. The Morgan fingerprint density at radius 3 is 2.12 bits per heavy atom. The molecule has 25 heavy (non-hydrogen) atoms. The van der Waals surface area contributed by atoms with E-state index in [0.29, 0.717) is 0 Å². The Morgan fingerprint density at radius 2 is 1.56 bits per heavy atom. The second-order valence-electron chi connectivity index (χ2n) is 5.38. The Hall–Kier alpha value is -1.90. The number of sulfone groups is 1. The lowest BCUT2D eigenvalue weighted by Gasteiger charge is -2.18. The van der Waals surface area contributed by atoms with Gasteiger partial charge >= 0.3 is 0 Å². The molecule has 0 aliphatic rings. The van der Waals surface area contributed by atoms with Crippen LogP contribution in [-0.4, -0.2) is 24.4 Å². The molecule has 132 valence electrons. The van der Waals surface area contributed by atoms with E-state index in [0.717, 1.165) is 5.56 Å². The summed E-state index contributed by atoms with van der Waals surface area (Å²) >= 11 is 8.57. The van der Waals surface area contributed by atoms with Crippen LogP contribution in [0.15, 0.2) is 65.6 Å². The molecule has 2 aromatic carbocycles. The van der Waals surface area contributed by atoms with E-state index in [1.165, 1.54) is 0 Å². The second-order valence-corrected chi connectivity index (χ2v) is 8.58. The molecule has 1 unspecified atom stereocenters. The Balaban J connectivity index is 2.21. The van der Waals surface area contributed by atoms with Gasteiger partial charge in [0.25, 0.3) is 0 Å². The SMILES string of the molecule is O=C(CC(CS(=O)(=O)c1ccccc1)c1ccccc1)NNC(=S)S. The molecule has 0 aromatic heterocycles. The molecular weight excluding hydrogens is 376 g/mol. The van der Waals surface area contributed by atoms with Gasteiger partial charge in [0.05, 0.1) is 10.6 Å². The Morgan fingerprint density at radius 1 is 1.00 bits per heavy atom. The summed E-state index contributed by atoms with van der Waals surface area (Å²) in [5.74, 6) is -1.02. The van der Waals surface area contributed by atoms with E-state index in [1.54, 1.807) is 30.3 Å². The average molecular weight is 395 g/mol. The molecule has 8 heteroatoms. The van der Waals surface area contributed by atoms with Gasteiger partial charge < -0.3 is 0 Å². The highest BCUT2D eigenvalue weighted by atomic mass is 32.2. The largest absolute Gasteiger partial charge is 0.283 e. The predicted octanol–water partition coefficient (Wildman–Crippen LogP) is 2.47. The number of rotatable bonds is 6. The number of nitrogens with one attached hydrogen (secondary N) is 2. The highest BCUT2D eigenvalue weighted by Gasteiger charge is 2.24. The van der Waals surface area contributed by atoms with Crippen LogP contribution < -0.4 is 10.9 Å². The molecule has 0 saturated carbocycles.